The van der Waals surface area contributed by atoms with Crippen LogP contribution in [-0.4, -0.2) is 21.5 Å². The van der Waals surface area contributed by atoms with Crippen LogP contribution < -0.4 is 4.72 Å². The SMILES string of the molecule is COC(=O)c1ccc(CS(=O)(=O)Nc2ccc(-c3cccc(F)c3)cc2)cc1. The summed E-state index contributed by atoms with van der Waals surface area (Å²) in [7, 11) is -2.35. The molecule has 5 nitrogen and oxygen atoms in total. The number of ether oxygens (including phenoxy) is 1. The lowest BCUT2D eigenvalue weighted by molar-refractivity contribution is 0.0600. The van der Waals surface area contributed by atoms with Gasteiger partial charge in [-0.1, -0.05) is 36.4 Å². The number of hydrogen-bond donors (Lipinski definition) is 1. The molecular formula is C21H18FNO4S. The van der Waals surface area contributed by atoms with E-state index in [0.717, 1.165) is 5.56 Å². The van der Waals surface area contributed by atoms with Crippen molar-refractivity contribution in [2.75, 3.05) is 11.8 Å². The molecule has 0 radical (unpaired) electrons. The fourth-order valence-electron chi connectivity index (χ4n) is 2.69. The molecule has 3 aromatic carbocycles. The van der Waals surface area contributed by atoms with Crippen LogP contribution in [0.3, 0.4) is 0 Å². The Balaban J connectivity index is 1.69. The fraction of sp³-hybridized carbons (Fsp3) is 0.0952. The molecule has 0 aromatic heterocycles. The molecule has 0 unspecified atom stereocenters. The topological polar surface area (TPSA) is 72.5 Å². The van der Waals surface area contributed by atoms with Crippen molar-refractivity contribution in [3.63, 3.8) is 0 Å². The molecule has 0 atom stereocenters. The van der Waals surface area contributed by atoms with Gasteiger partial charge in [0.1, 0.15) is 5.82 Å². The Labute approximate surface area is 162 Å². The molecule has 0 aliphatic heterocycles. The first-order valence-electron chi connectivity index (χ1n) is 8.40. The molecule has 3 rings (SSSR count). The molecule has 3 aromatic rings. The summed E-state index contributed by atoms with van der Waals surface area (Å²) < 4.78 is 45.2. The van der Waals surface area contributed by atoms with E-state index in [1.54, 1.807) is 48.5 Å². The van der Waals surface area contributed by atoms with Crippen LogP contribution in [-0.2, 0) is 20.5 Å². The fourth-order valence-corrected chi connectivity index (χ4v) is 3.89. The van der Waals surface area contributed by atoms with E-state index in [-0.39, 0.29) is 11.6 Å². The maximum atomic E-state index is 13.3. The summed E-state index contributed by atoms with van der Waals surface area (Å²) in [5, 5.41) is 0. The van der Waals surface area contributed by atoms with E-state index in [4.69, 9.17) is 0 Å². The average molecular weight is 399 g/mol. The second kappa shape index (κ2) is 8.22. The summed E-state index contributed by atoms with van der Waals surface area (Å²) in [5.74, 6) is -1.05. The van der Waals surface area contributed by atoms with Gasteiger partial charge in [-0.25, -0.2) is 17.6 Å². The number of sulfonamides is 1. The van der Waals surface area contributed by atoms with Gasteiger partial charge >= 0.3 is 5.97 Å². The minimum atomic E-state index is -3.64. The van der Waals surface area contributed by atoms with E-state index in [1.807, 2.05) is 0 Å². The summed E-state index contributed by atoms with van der Waals surface area (Å²) in [6.07, 6.45) is 0. The Hall–Kier alpha value is -3.19. The summed E-state index contributed by atoms with van der Waals surface area (Å²) in [4.78, 5) is 11.4. The lowest BCUT2D eigenvalue weighted by Gasteiger charge is -2.10. The van der Waals surface area contributed by atoms with E-state index in [0.29, 0.717) is 22.4 Å². The molecule has 0 bridgehead atoms. The highest BCUT2D eigenvalue weighted by atomic mass is 32.2. The Morgan fingerprint density at radius 1 is 0.964 bits per heavy atom. The number of rotatable bonds is 6. The number of carbonyl (C=O) groups is 1. The highest BCUT2D eigenvalue weighted by Crippen LogP contribution is 2.23. The third-order valence-electron chi connectivity index (χ3n) is 4.05. The summed E-state index contributed by atoms with van der Waals surface area (Å²) >= 11 is 0. The Kier molecular flexibility index (Phi) is 5.75. The number of nitrogens with one attached hydrogen (secondary N) is 1. The van der Waals surface area contributed by atoms with Gasteiger partial charge in [-0.15, -0.1) is 0 Å². The van der Waals surface area contributed by atoms with E-state index in [2.05, 4.69) is 9.46 Å². The van der Waals surface area contributed by atoms with Crippen LogP contribution >= 0.6 is 0 Å². The number of methoxy groups -OCH3 is 1. The summed E-state index contributed by atoms with van der Waals surface area (Å²) in [5.41, 5.74) is 2.79. The lowest BCUT2D eigenvalue weighted by Crippen LogP contribution is -2.15. The Bertz CT molecular complexity index is 1080. The van der Waals surface area contributed by atoms with Crippen LogP contribution in [0.4, 0.5) is 10.1 Å². The van der Waals surface area contributed by atoms with E-state index < -0.39 is 16.0 Å². The average Bonchev–Trinajstić information content (AvgIpc) is 2.68. The minimum absolute atomic E-state index is 0.236. The first-order chi connectivity index (χ1) is 13.4. The molecule has 1 N–H and O–H groups in total. The van der Waals surface area contributed by atoms with Gasteiger partial charge in [0.15, 0.2) is 0 Å². The number of hydrogen-bond acceptors (Lipinski definition) is 4. The molecule has 0 aliphatic carbocycles. The smallest absolute Gasteiger partial charge is 0.337 e. The second-order valence-corrected chi connectivity index (χ2v) is 7.86. The number of esters is 1. The molecule has 7 heteroatoms. The van der Waals surface area contributed by atoms with Crippen molar-refractivity contribution >= 4 is 21.7 Å². The highest BCUT2D eigenvalue weighted by molar-refractivity contribution is 7.91. The normalized spacial score (nSPS) is 11.1. The Morgan fingerprint density at radius 3 is 2.25 bits per heavy atom. The molecule has 0 heterocycles. The van der Waals surface area contributed by atoms with Crippen LogP contribution in [0.1, 0.15) is 15.9 Å². The monoisotopic (exact) mass is 399 g/mol. The van der Waals surface area contributed by atoms with Crippen molar-refractivity contribution < 1.29 is 22.3 Å². The maximum Gasteiger partial charge on any atom is 0.337 e. The van der Waals surface area contributed by atoms with Crippen molar-refractivity contribution in [1.29, 1.82) is 0 Å². The quantitative estimate of drug-likeness (QED) is 0.630. The molecule has 0 saturated heterocycles. The summed E-state index contributed by atoms with van der Waals surface area (Å²) in [6.45, 7) is 0. The first kappa shape index (κ1) is 19.6. The number of halogens is 1. The van der Waals surface area contributed by atoms with Gasteiger partial charge < -0.3 is 4.74 Å². The van der Waals surface area contributed by atoms with Crippen LogP contribution in [0.25, 0.3) is 11.1 Å². The highest BCUT2D eigenvalue weighted by Gasteiger charge is 2.13. The van der Waals surface area contributed by atoms with Crippen molar-refractivity contribution in [3.05, 3.63) is 89.7 Å². The van der Waals surface area contributed by atoms with E-state index in [9.17, 15) is 17.6 Å². The van der Waals surface area contributed by atoms with E-state index >= 15 is 0 Å². The van der Waals surface area contributed by atoms with Crippen LogP contribution in [0.5, 0.6) is 0 Å². The van der Waals surface area contributed by atoms with Crippen molar-refractivity contribution in [2.45, 2.75) is 5.75 Å². The van der Waals surface area contributed by atoms with Crippen molar-refractivity contribution in [3.8, 4) is 11.1 Å². The van der Waals surface area contributed by atoms with Crippen LogP contribution in [0, 0.1) is 5.82 Å². The van der Waals surface area contributed by atoms with Crippen LogP contribution in [0.15, 0.2) is 72.8 Å². The largest absolute Gasteiger partial charge is 0.465 e. The number of carbonyl (C=O) groups excluding carboxylic acids is 1. The van der Waals surface area contributed by atoms with Gasteiger partial charge in [0.25, 0.3) is 0 Å². The first-order valence-corrected chi connectivity index (χ1v) is 10.1. The molecule has 144 valence electrons. The zero-order valence-corrected chi connectivity index (χ0v) is 15.9. The summed E-state index contributed by atoms with van der Waals surface area (Å²) in [6, 6.07) is 19.0. The third kappa shape index (κ3) is 4.95. The molecule has 0 aliphatic rings. The van der Waals surface area contributed by atoms with Gasteiger partial charge in [-0.2, -0.15) is 0 Å². The second-order valence-electron chi connectivity index (χ2n) is 6.14. The molecule has 28 heavy (non-hydrogen) atoms. The molecule has 0 amide bonds. The zero-order valence-electron chi connectivity index (χ0n) is 15.1. The maximum absolute atomic E-state index is 13.3. The van der Waals surface area contributed by atoms with E-state index in [1.165, 1.54) is 31.4 Å². The standard InChI is InChI=1S/C21H18FNO4S/c1-27-21(24)17-7-5-15(6-8-17)14-28(25,26)23-20-11-9-16(10-12-20)18-3-2-4-19(22)13-18/h2-13,23H,14H2,1H3. The molecule has 0 saturated carbocycles. The Morgan fingerprint density at radius 2 is 1.64 bits per heavy atom. The van der Waals surface area contributed by atoms with Gasteiger partial charge in [-0.05, 0) is 53.1 Å². The minimum Gasteiger partial charge on any atom is -0.465 e. The predicted molar refractivity (Wildman–Crippen MR) is 106 cm³/mol. The van der Waals surface area contributed by atoms with Gasteiger partial charge in [0.05, 0.1) is 18.4 Å². The lowest BCUT2D eigenvalue weighted by atomic mass is 10.1. The van der Waals surface area contributed by atoms with Gasteiger partial charge in [-0.3, -0.25) is 4.72 Å². The van der Waals surface area contributed by atoms with Gasteiger partial charge in [0, 0.05) is 5.69 Å². The van der Waals surface area contributed by atoms with Crippen molar-refractivity contribution in [1.82, 2.24) is 0 Å². The molecule has 0 spiro atoms. The molecule has 0 fully saturated rings. The van der Waals surface area contributed by atoms with Crippen LogP contribution in [0.2, 0.25) is 0 Å². The number of anilines is 1. The third-order valence-corrected chi connectivity index (χ3v) is 5.31. The van der Waals surface area contributed by atoms with Gasteiger partial charge in [0.2, 0.25) is 10.0 Å². The number of benzene rings is 3. The predicted octanol–water partition coefficient (Wildman–Crippen LogP) is 4.22. The molecular weight excluding hydrogens is 381 g/mol. The zero-order chi connectivity index (χ0) is 20.1. The van der Waals surface area contributed by atoms with Crippen molar-refractivity contribution in [2.24, 2.45) is 0 Å².